The van der Waals surface area contributed by atoms with Gasteiger partial charge in [0.1, 0.15) is 0 Å². The second kappa shape index (κ2) is 7.84. The van der Waals surface area contributed by atoms with Crippen molar-refractivity contribution in [2.75, 3.05) is 0 Å². The summed E-state index contributed by atoms with van der Waals surface area (Å²) >= 11 is 0. The van der Waals surface area contributed by atoms with Crippen LogP contribution in [0.3, 0.4) is 0 Å². The fourth-order valence-corrected chi connectivity index (χ4v) is 4.90. The third-order valence-electron chi connectivity index (χ3n) is 6.21. The van der Waals surface area contributed by atoms with Gasteiger partial charge < -0.3 is 16.8 Å². The molecule has 5 nitrogen and oxygen atoms in total. The first-order chi connectivity index (χ1) is 10.5. The van der Waals surface area contributed by atoms with E-state index >= 15 is 0 Å². The zero-order valence-electron chi connectivity index (χ0n) is 13.7. The lowest BCUT2D eigenvalue weighted by molar-refractivity contribution is -0.130. The molecule has 3 aliphatic rings. The van der Waals surface area contributed by atoms with Gasteiger partial charge in [-0.25, -0.2) is 0 Å². The summed E-state index contributed by atoms with van der Waals surface area (Å²) < 4.78 is 0. The van der Waals surface area contributed by atoms with Crippen molar-refractivity contribution in [3.05, 3.63) is 0 Å². The summed E-state index contributed by atoms with van der Waals surface area (Å²) in [6.07, 6.45) is 9.01. The largest absolute Gasteiger partial charge is 0.369 e. The second-order valence-electron chi connectivity index (χ2n) is 7.67. The highest BCUT2D eigenvalue weighted by Crippen LogP contribution is 2.42. The van der Waals surface area contributed by atoms with Crippen LogP contribution in [0.2, 0.25) is 0 Å². The maximum Gasteiger partial charge on any atom is 0.223 e. The van der Waals surface area contributed by atoms with Gasteiger partial charge in [0.05, 0.1) is 0 Å². The lowest BCUT2D eigenvalue weighted by Gasteiger charge is -2.44. The maximum absolute atomic E-state index is 12.6. The first-order valence-electron chi connectivity index (χ1n) is 8.90. The molecule has 0 saturated heterocycles. The molecule has 2 amide bonds. The molecule has 0 aromatic rings. The van der Waals surface area contributed by atoms with Crippen LogP contribution in [0.15, 0.2) is 0 Å². The summed E-state index contributed by atoms with van der Waals surface area (Å²) in [5, 5.41) is 3.19. The summed E-state index contributed by atoms with van der Waals surface area (Å²) in [5.41, 5.74) is 11.7. The van der Waals surface area contributed by atoms with E-state index in [9.17, 15) is 9.59 Å². The van der Waals surface area contributed by atoms with E-state index in [-0.39, 0.29) is 42.1 Å². The number of primary amides is 1. The molecule has 4 unspecified atom stereocenters. The van der Waals surface area contributed by atoms with Crippen LogP contribution in [0, 0.1) is 23.7 Å². The highest BCUT2D eigenvalue weighted by Gasteiger charge is 2.41. The van der Waals surface area contributed by atoms with Crippen LogP contribution >= 0.6 is 12.4 Å². The number of amides is 2. The van der Waals surface area contributed by atoms with E-state index in [1.807, 2.05) is 0 Å². The van der Waals surface area contributed by atoms with E-state index in [1.165, 1.54) is 19.3 Å². The SMILES string of the molecule is Cl.NC(=O)C1CCCC(NC(=O)C2CC3CCCC(C2)C3N)C1. The molecule has 0 radical (unpaired) electrons. The van der Waals surface area contributed by atoms with Gasteiger partial charge in [-0.1, -0.05) is 12.8 Å². The summed E-state index contributed by atoms with van der Waals surface area (Å²) in [6.45, 7) is 0. The molecule has 132 valence electrons. The van der Waals surface area contributed by atoms with Gasteiger partial charge in [-0.05, 0) is 56.8 Å². The van der Waals surface area contributed by atoms with Crippen molar-refractivity contribution < 1.29 is 9.59 Å². The van der Waals surface area contributed by atoms with Gasteiger partial charge in [0.25, 0.3) is 0 Å². The molecule has 3 fully saturated rings. The van der Waals surface area contributed by atoms with Crippen molar-refractivity contribution in [2.24, 2.45) is 35.1 Å². The Balaban J connectivity index is 0.00000192. The number of nitrogens with one attached hydrogen (secondary N) is 1. The van der Waals surface area contributed by atoms with Crippen LogP contribution in [0.1, 0.15) is 57.8 Å². The van der Waals surface area contributed by atoms with E-state index in [1.54, 1.807) is 0 Å². The molecule has 3 aliphatic carbocycles. The highest BCUT2D eigenvalue weighted by molar-refractivity contribution is 5.85. The Morgan fingerprint density at radius 2 is 1.48 bits per heavy atom. The number of nitrogens with two attached hydrogens (primary N) is 2. The maximum atomic E-state index is 12.6. The molecule has 2 bridgehead atoms. The van der Waals surface area contributed by atoms with Gasteiger partial charge >= 0.3 is 0 Å². The Morgan fingerprint density at radius 1 is 0.870 bits per heavy atom. The molecular weight excluding hydrogens is 314 g/mol. The molecule has 6 heteroatoms. The topological polar surface area (TPSA) is 98.2 Å². The van der Waals surface area contributed by atoms with Crippen molar-refractivity contribution in [3.63, 3.8) is 0 Å². The molecule has 5 N–H and O–H groups in total. The van der Waals surface area contributed by atoms with Crippen molar-refractivity contribution in [2.45, 2.75) is 69.9 Å². The molecule has 4 atom stereocenters. The van der Waals surface area contributed by atoms with Crippen molar-refractivity contribution in [1.29, 1.82) is 0 Å². The molecule has 3 saturated carbocycles. The standard InChI is InChI=1S/C17H29N3O2.ClH/c18-15-10-3-1-4-11(15)8-13(7-10)17(22)20-14-6-2-5-12(9-14)16(19)21;/h10-15H,1-9,18H2,(H2,19,21)(H,20,22);1H. The molecule has 0 aromatic heterocycles. The number of carbonyl (C=O) groups is 2. The lowest BCUT2D eigenvalue weighted by Crippen LogP contribution is -2.50. The van der Waals surface area contributed by atoms with Gasteiger partial charge in [-0.3, -0.25) is 9.59 Å². The molecule has 0 heterocycles. The van der Waals surface area contributed by atoms with Crippen molar-refractivity contribution in [3.8, 4) is 0 Å². The minimum absolute atomic E-state index is 0. The number of hydrogen-bond donors (Lipinski definition) is 3. The quantitative estimate of drug-likeness (QED) is 0.727. The number of halogens is 1. The fourth-order valence-electron chi connectivity index (χ4n) is 4.90. The second-order valence-corrected chi connectivity index (χ2v) is 7.67. The van der Waals surface area contributed by atoms with Crippen LogP contribution in [-0.4, -0.2) is 23.9 Å². The summed E-state index contributed by atoms with van der Waals surface area (Å²) in [6, 6.07) is 0.418. The van der Waals surface area contributed by atoms with Gasteiger partial charge in [0.2, 0.25) is 11.8 Å². The minimum atomic E-state index is -0.225. The van der Waals surface area contributed by atoms with Gasteiger partial charge in [0.15, 0.2) is 0 Å². The monoisotopic (exact) mass is 343 g/mol. The van der Waals surface area contributed by atoms with E-state index < -0.39 is 0 Å². The lowest BCUT2D eigenvalue weighted by atomic mass is 9.65. The van der Waals surface area contributed by atoms with Gasteiger partial charge in [0, 0.05) is 23.9 Å². The fraction of sp³-hybridized carbons (Fsp3) is 0.882. The molecule has 23 heavy (non-hydrogen) atoms. The number of carbonyl (C=O) groups excluding carboxylic acids is 2. The van der Waals surface area contributed by atoms with Crippen LogP contribution < -0.4 is 16.8 Å². The van der Waals surface area contributed by atoms with Crippen LogP contribution in [0.4, 0.5) is 0 Å². The van der Waals surface area contributed by atoms with E-state index in [4.69, 9.17) is 11.5 Å². The van der Waals surface area contributed by atoms with Crippen molar-refractivity contribution in [1.82, 2.24) is 5.32 Å². The summed E-state index contributed by atoms with van der Waals surface area (Å²) in [7, 11) is 0. The average Bonchev–Trinajstić information content (AvgIpc) is 2.47. The third kappa shape index (κ3) is 4.18. The summed E-state index contributed by atoms with van der Waals surface area (Å²) in [5.74, 6) is 1.04. The van der Waals surface area contributed by atoms with E-state index in [0.717, 1.165) is 32.1 Å². The Kier molecular flexibility index (Phi) is 6.32. The minimum Gasteiger partial charge on any atom is -0.369 e. The first kappa shape index (κ1) is 18.5. The van der Waals surface area contributed by atoms with Gasteiger partial charge in [-0.2, -0.15) is 0 Å². The Bertz CT molecular complexity index is 432. The number of rotatable bonds is 3. The molecule has 0 spiro atoms. The van der Waals surface area contributed by atoms with Crippen LogP contribution in [0.25, 0.3) is 0 Å². The Labute approximate surface area is 144 Å². The number of fused-ring (bicyclic) bond motifs is 2. The normalized spacial score (nSPS) is 39.9. The zero-order chi connectivity index (χ0) is 15.7. The highest BCUT2D eigenvalue weighted by atomic mass is 35.5. The third-order valence-corrected chi connectivity index (χ3v) is 6.21. The predicted octanol–water partition coefficient (Wildman–Crippen LogP) is 1.72. The smallest absolute Gasteiger partial charge is 0.223 e. The van der Waals surface area contributed by atoms with Gasteiger partial charge in [-0.15, -0.1) is 12.4 Å². The van der Waals surface area contributed by atoms with E-state index in [0.29, 0.717) is 24.3 Å². The predicted molar refractivity (Wildman–Crippen MR) is 91.9 cm³/mol. The first-order valence-corrected chi connectivity index (χ1v) is 8.90. The average molecular weight is 344 g/mol. The molecule has 0 aliphatic heterocycles. The van der Waals surface area contributed by atoms with Crippen LogP contribution in [-0.2, 0) is 9.59 Å². The molecule has 3 rings (SSSR count). The Hall–Kier alpha value is -0.810. The number of hydrogen-bond acceptors (Lipinski definition) is 3. The molecular formula is C17H30ClN3O2. The Morgan fingerprint density at radius 3 is 2.09 bits per heavy atom. The van der Waals surface area contributed by atoms with Crippen LogP contribution in [0.5, 0.6) is 0 Å². The van der Waals surface area contributed by atoms with Crippen molar-refractivity contribution >= 4 is 24.2 Å². The van der Waals surface area contributed by atoms with E-state index in [2.05, 4.69) is 5.32 Å². The summed E-state index contributed by atoms with van der Waals surface area (Å²) in [4.78, 5) is 24.0. The zero-order valence-corrected chi connectivity index (χ0v) is 14.5. The molecule has 0 aromatic carbocycles.